The van der Waals surface area contributed by atoms with Crippen molar-refractivity contribution in [2.75, 3.05) is 5.32 Å². The molecule has 0 aliphatic heterocycles. The van der Waals surface area contributed by atoms with Crippen molar-refractivity contribution in [3.05, 3.63) is 50.6 Å². The molecule has 17 heavy (non-hydrogen) atoms. The number of halogens is 1. The van der Waals surface area contributed by atoms with Gasteiger partial charge in [-0.1, -0.05) is 12.1 Å². The predicted octanol–water partition coefficient (Wildman–Crippen LogP) is 2.22. The van der Waals surface area contributed by atoms with Crippen molar-refractivity contribution in [2.24, 2.45) is 0 Å². The summed E-state index contributed by atoms with van der Waals surface area (Å²) in [5, 5.41) is 10.2. The summed E-state index contributed by atoms with van der Waals surface area (Å²) in [5.41, 5.74) is 0.899. The normalized spacial score (nSPS) is 9.65. The number of rotatable bonds is 2. The maximum Gasteiger partial charge on any atom is 0.285 e. The molecule has 0 fully saturated rings. The van der Waals surface area contributed by atoms with Gasteiger partial charge >= 0.3 is 0 Å². The Hall–Kier alpha value is -2.20. The van der Waals surface area contributed by atoms with Crippen LogP contribution in [0.15, 0.2) is 33.7 Å². The number of aromatic nitrogens is 3. The highest BCUT2D eigenvalue weighted by molar-refractivity contribution is 9.10. The number of hydrogen-bond donors (Lipinski definition) is 2. The second-order valence-electron chi connectivity index (χ2n) is 3.08. The minimum Gasteiger partial charge on any atom is -0.325 e. The molecule has 0 spiro atoms. The SMILES string of the molecule is [C-]#[N+]c1ccc(Nc2nnc(Br)c(=O)[nH]2)cc1. The lowest BCUT2D eigenvalue weighted by Gasteiger charge is -2.03. The van der Waals surface area contributed by atoms with Crippen molar-refractivity contribution in [2.45, 2.75) is 0 Å². The van der Waals surface area contributed by atoms with Gasteiger partial charge in [-0.05, 0) is 28.1 Å². The molecule has 0 saturated carbocycles. The van der Waals surface area contributed by atoms with Gasteiger partial charge in [0.25, 0.3) is 5.56 Å². The molecule has 1 aromatic carbocycles. The maximum absolute atomic E-state index is 11.2. The molecule has 0 saturated heterocycles. The van der Waals surface area contributed by atoms with Gasteiger partial charge in [0.2, 0.25) is 5.95 Å². The molecule has 2 rings (SSSR count). The zero-order chi connectivity index (χ0) is 12.3. The highest BCUT2D eigenvalue weighted by atomic mass is 79.9. The van der Waals surface area contributed by atoms with E-state index in [0.717, 1.165) is 0 Å². The van der Waals surface area contributed by atoms with Crippen LogP contribution in [0.1, 0.15) is 0 Å². The fraction of sp³-hybridized carbons (Fsp3) is 0. The minimum absolute atomic E-state index is 0.131. The van der Waals surface area contributed by atoms with Crippen LogP contribution in [-0.2, 0) is 0 Å². The van der Waals surface area contributed by atoms with Crippen molar-refractivity contribution < 1.29 is 0 Å². The van der Waals surface area contributed by atoms with Crippen molar-refractivity contribution in [3.8, 4) is 0 Å². The second-order valence-corrected chi connectivity index (χ2v) is 3.83. The molecule has 0 aliphatic carbocycles. The van der Waals surface area contributed by atoms with Crippen LogP contribution in [0.2, 0.25) is 0 Å². The third-order valence-corrected chi connectivity index (χ3v) is 2.43. The van der Waals surface area contributed by atoms with Crippen LogP contribution in [0.25, 0.3) is 4.85 Å². The van der Waals surface area contributed by atoms with Crippen LogP contribution < -0.4 is 10.9 Å². The number of H-pyrrole nitrogens is 1. The topological polar surface area (TPSA) is 75.0 Å². The summed E-state index contributed by atoms with van der Waals surface area (Å²) in [7, 11) is 0. The van der Waals surface area contributed by atoms with Gasteiger partial charge in [-0.15, -0.1) is 10.2 Å². The van der Waals surface area contributed by atoms with Gasteiger partial charge in [-0.2, -0.15) is 0 Å². The molecular formula is C10H6BrN5O. The Morgan fingerprint density at radius 3 is 2.59 bits per heavy atom. The van der Waals surface area contributed by atoms with E-state index in [1.54, 1.807) is 24.3 Å². The van der Waals surface area contributed by atoms with Gasteiger partial charge in [-0.3, -0.25) is 9.78 Å². The molecule has 2 aromatic rings. The number of nitrogens with zero attached hydrogens (tertiary/aromatic N) is 3. The number of benzene rings is 1. The van der Waals surface area contributed by atoms with Crippen LogP contribution in [0, 0.1) is 6.57 Å². The summed E-state index contributed by atoms with van der Waals surface area (Å²) in [4.78, 5) is 17.0. The highest BCUT2D eigenvalue weighted by Gasteiger charge is 2.01. The Bertz CT molecular complexity index is 628. The van der Waals surface area contributed by atoms with Crippen molar-refractivity contribution >= 4 is 33.3 Å². The fourth-order valence-corrected chi connectivity index (χ4v) is 1.31. The molecule has 84 valence electrons. The van der Waals surface area contributed by atoms with E-state index in [4.69, 9.17) is 6.57 Å². The van der Waals surface area contributed by atoms with Crippen LogP contribution in [0.5, 0.6) is 0 Å². The molecule has 1 aromatic heterocycles. The van der Waals surface area contributed by atoms with E-state index in [9.17, 15) is 4.79 Å². The quantitative estimate of drug-likeness (QED) is 0.832. The third-order valence-electron chi connectivity index (χ3n) is 1.92. The summed E-state index contributed by atoms with van der Waals surface area (Å²) in [6, 6.07) is 6.77. The van der Waals surface area contributed by atoms with E-state index in [1.165, 1.54) is 0 Å². The van der Waals surface area contributed by atoms with Crippen molar-refractivity contribution in [1.82, 2.24) is 15.2 Å². The first kappa shape index (κ1) is 11.3. The molecule has 2 N–H and O–H groups in total. The number of aromatic amines is 1. The van der Waals surface area contributed by atoms with Gasteiger partial charge in [0.15, 0.2) is 10.3 Å². The van der Waals surface area contributed by atoms with E-state index in [-0.39, 0.29) is 16.1 Å². The molecule has 6 nitrogen and oxygen atoms in total. The van der Waals surface area contributed by atoms with Gasteiger partial charge in [0.05, 0.1) is 6.57 Å². The molecule has 0 atom stereocenters. The van der Waals surface area contributed by atoms with E-state index in [1.807, 2.05) is 0 Å². The molecule has 7 heteroatoms. The number of nitrogens with one attached hydrogen (secondary N) is 2. The van der Waals surface area contributed by atoms with Gasteiger partial charge in [-0.25, -0.2) is 4.85 Å². The average Bonchev–Trinajstić information content (AvgIpc) is 2.35. The lowest BCUT2D eigenvalue weighted by atomic mass is 10.3. The lowest BCUT2D eigenvalue weighted by molar-refractivity contribution is 0.928. The van der Waals surface area contributed by atoms with Crippen molar-refractivity contribution in [1.29, 1.82) is 0 Å². The maximum atomic E-state index is 11.2. The van der Waals surface area contributed by atoms with Gasteiger partial charge in [0, 0.05) is 5.69 Å². The zero-order valence-electron chi connectivity index (χ0n) is 8.44. The third kappa shape index (κ3) is 2.68. The standard InChI is InChI=1S/C10H6BrN5O/c1-12-6-2-4-7(5-3-6)13-10-14-9(17)8(11)15-16-10/h2-5H,(H2,13,14,16,17). The van der Waals surface area contributed by atoms with Crippen LogP contribution in [0.4, 0.5) is 17.3 Å². The Labute approximate surface area is 105 Å². The molecule has 0 bridgehead atoms. The van der Waals surface area contributed by atoms with Crippen molar-refractivity contribution in [3.63, 3.8) is 0 Å². The van der Waals surface area contributed by atoms with Crippen LogP contribution in [-0.4, -0.2) is 15.2 Å². The Balaban J connectivity index is 2.23. The summed E-state index contributed by atoms with van der Waals surface area (Å²) in [5.74, 6) is 0.244. The second kappa shape index (κ2) is 4.76. The molecule has 0 aliphatic rings. The molecule has 0 amide bonds. The van der Waals surface area contributed by atoms with E-state index in [0.29, 0.717) is 11.4 Å². The molecule has 0 radical (unpaired) electrons. The first-order valence-corrected chi connectivity index (χ1v) is 5.35. The Morgan fingerprint density at radius 1 is 1.29 bits per heavy atom. The van der Waals surface area contributed by atoms with Gasteiger partial charge < -0.3 is 5.32 Å². The first-order chi connectivity index (χ1) is 8.19. The predicted molar refractivity (Wildman–Crippen MR) is 66.3 cm³/mol. The Morgan fingerprint density at radius 2 is 2.00 bits per heavy atom. The Kier molecular flexibility index (Phi) is 3.16. The smallest absolute Gasteiger partial charge is 0.285 e. The first-order valence-electron chi connectivity index (χ1n) is 4.56. The van der Waals surface area contributed by atoms with Crippen LogP contribution >= 0.6 is 15.9 Å². The van der Waals surface area contributed by atoms with Gasteiger partial charge in [0.1, 0.15) is 0 Å². The fourth-order valence-electron chi connectivity index (χ4n) is 1.14. The lowest BCUT2D eigenvalue weighted by Crippen LogP contribution is -2.13. The summed E-state index contributed by atoms with van der Waals surface area (Å²) < 4.78 is 0.131. The highest BCUT2D eigenvalue weighted by Crippen LogP contribution is 2.17. The summed E-state index contributed by atoms with van der Waals surface area (Å²) in [6.07, 6.45) is 0. The molecule has 0 unspecified atom stereocenters. The summed E-state index contributed by atoms with van der Waals surface area (Å²) >= 11 is 2.96. The number of anilines is 2. The molecule has 1 heterocycles. The minimum atomic E-state index is -0.361. The monoisotopic (exact) mass is 291 g/mol. The summed E-state index contributed by atoms with van der Waals surface area (Å²) in [6.45, 7) is 6.82. The molecular weight excluding hydrogens is 286 g/mol. The average molecular weight is 292 g/mol. The van der Waals surface area contributed by atoms with E-state index in [2.05, 4.69) is 41.3 Å². The largest absolute Gasteiger partial charge is 0.325 e. The number of hydrogen-bond acceptors (Lipinski definition) is 4. The van der Waals surface area contributed by atoms with E-state index < -0.39 is 0 Å². The van der Waals surface area contributed by atoms with Crippen LogP contribution in [0.3, 0.4) is 0 Å². The zero-order valence-corrected chi connectivity index (χ0v) is 10.0. The van der Waals surface area contributed by atoms with E-state index >= 15 is 0 Å².